The summed E-state index contributed by atoms with van der Waals surface area (Å²) in [6.07, 6.45) is 4.40. The molecule has 3 aromatic rings. The number of hydrogen-bond donors (Lipinski definition) is 2. The van der Waals surface area contributed by atoms with Gasteiger partial charge in [0.15, 0.2) is 0 Å². The monoisotopic (exact) mass is 511 g/mol. The van der Waals surface area contributed by atoms with Crippen LogP contribution in [-0.2, 0) is 6.54 Å². The van der Waals surface area contributed by atoms with E-state index in [-0.39, 0.29) is 5.91 Å². The molecule has 0 spiro atoms. The normalized spacial score (nSPS) is 13.9. The molecule has 2 amide bonds. The maximum atomic E-state index is 13.1. The van der Waals surface area contributed by atoms with E-state index in [1.54, 1.807) is 69.3 Å². The fraction of sp³-hybridized carbons (Fsp3) is 0.333. The molecule has 0 bridgehead atoms. The summed E-state index contributed by atoms with van der Waals surface area (Å²) in [5, 5.41) is 22.4. The van der Waals surface area contributed by atoms with Gasteiger partial charge in [-0.3, -0.25) is 19.6 Å². The lowest BCUT2D eigenvalue weighted by Gasteiger charge is -2.34. The Morgan fingerprint density at radius 1 is 1.08 bits per heavy atom. The maximum absolute atomic E-state index is 13.1. The molecule has 0 atom stereocenters. The number of nitrogens with one attached hydrogen (secondary N) is 1. The van der Waals surface area contributed by atoms with Crippen LogP contribution < -0.4 is 10.2 Å². The smallest absolute Gasteiger partial charge is 0.412 e. The minimum atomic E-state index is -1.11. The number of aromatic nitrogens is 1. The fourth-order valence-electron chi connectivity index (χ4n) is 4.79. The predicted molar refractivity (Wildman–Crippen MR) is 148 cm³/mol. The highest BCUT2D eigenvalue weighted by molar-refractivity contribution is 6.07. The number of rotatable bonds is 6. The third-order valence-corrected chi connectivity index (χ3v) is 6.60. The Kier molecular flexibility index (Phi) is 8.08. The first-order valence-corrected chi connectivity index (χ1v) is 12.8. The summed E-state index contributed by atoms with van der Waals surface area (Å²) in [7, 11) is 0. The van der Waals surface area contributed by atoms with E-state index in [0.29, 0.717) is 28.2 Å². The van der Waals surface area contributed by atoms with Gasteiger partial charge in [-0.15, -0.1) is 0 Å². The van der Waals surface area contributed by atoms with Crippen molar-refractivity contribution in [1.82, 2.24) is 9.88 Å². The number of para-hydroxylation sites is 2. The van der Waals surface area contributed by atoms with E-state index in [0.717, 1.165) is 30.8 Å². The molecule has 0 unspecified atom stereocenters. The van der Waals surface area contributed by atoms with Crippen molar-refractivity contribution < 1.29 is 14.7 Å². The molecule has 1 aliphatic heterocycles. The summed E-state index contributed by atoms with van der Waals surface area (Å²) in [5.74, 6) is -0.367. The van der Waals surface area contributed by atoms with Gasteiger partial charge in [-0.2, -0.15) is 5.26 Å². The Bertz CT molecular complexity index is 1350. The zero-order valence-corrected chi connectivity index (χ0v) is 22.1. The Morgan fingerprint density at radius 3 is 2.39 bits per heavy atom. The van der Waals surface area contributed by atoms with Crippen LogP contribution in [0.3, 0.4) is 0 Å². The van der Waals surface area contributed by atoms with Crippen molar-refractivity contribution in [2.75, 3.05) is 23.3 Å². The van der Waals surface area contributed by atoms with Crippen molar-refractivity contribution in [3.05, 3.63) is 77.5 Å². The van der Waals surface area contributed by atoms with Gasteiger partial charge in [0.05, 0.1) is 22.6 Å². The molecule has 2 heterocycles. The van der Waals surface area contributed by atoms with Crippen molar-refractivity contribution in [3.8, 4) is 17.3 Å². The average Bonchev–Trinajstić information content (AvgIpc) is 2.89. The van der Waals surface area contributed by atoms with Crippen molar-refractivity contribution >= 4 is 23.4 Å². The summed E-state index contributed by atoms with van der Waals surface area (Å²) >= 11 is 0. The summed E-state index contributed by atoms with van der Waals surface area (Å²) in [5.41, 5.74) is 3.34. The number of pyridine rings is 1. The van der Waals surface area contributed by atoms with Gasteiger partial charge in [0.25, 0.3) is 5.91 Å². The van der Waals surface area contributed by atoms with Gasteiger partial charge in [0.2, 0.25) is 0 Å². The molecule has 196 valence electrons. The highest BCUT2D eigenvalue weighted by Crippen LogP contribution is 2.32. The van der Waals surface area contributed by atoms with Crippen molar-refractivity contribution in [3.63, 3.8) is 0 Å². The molecule has 8 nitrogen and oxygen atoms in total. The lowest BCUT2D eigenvalue weighted by Crippen LogP contribution is -2.45. The van der Waals surface area contributed by atoms with E-state index < -0.39 is 11.6 Å². The number of anilines is 2. The number of hydrogen-bond acceptors (Lipinski definition) is 5. The highest BCUT2D eigenvalue weighted by atomic mass is 16.4. The van der Waals surface area contributed by atoms with Gasteiger partial charge in [0.1, 0.15) is 6.07 Å². The zero-order chi connectivity index (χ0) is 27.3. The van der Waals surface area contributed by atoms with Gasteiger partial charge in [-0.25, -0.2) is 4.79 Å². The number of carboxylic acid groups (broad SMARTS) is 1. The Balaban J connectivity index is 1.52. The molecular formula is C30H33N5O3. The predicted octanol–water partition coefficient (Wildman–Crippen LogP) is 6.14. The van der Waals surface area contributed by atoms with Gasteiger partial charge >= 0.3 is 6.09 Å². The molecule has 1 aromatic heterocycles. The molecule has 4 rings (SSSR count). The zero-order valence-electron chi connectivity index (χ0n) is 22.1. The van der Waals surface area contributed by atoms with Crippen LogP contribution >= 0.6 is 0 Å². The molecule has 1 aliphatic rings. The van der Waals surface area contributed by atoms with E-state index in [4.69, 9.17) is 0 Å². The number of likely N-dealkylation sites (tertiary alicyclic amines) is 1. The lowest BCUT2D eigenvalue weighted by molar-refractivity contribution is 0.102. The second-order valence-corrected chi connectivity index (χ2v) is 10.5. The molecule has 1 saturated heterocycles. The molecule has 8 heteroatoms. The van der Waals surface area contributed by atoms with Crippen LogP contribution in [0.4, 0.5) is 16.2 Å². The molecular weight excluding hydrogens is 478 g/mol. The first-order chi connectivity index (χ1) is 18.2. The summed E-state index contributed by atoms with van der Waals surface area (Å²) in [6.45, 7) is 8.31. The van der Waals surface area contributed by atoms with Crippen LogP contribution in [0.5, 0.6) is 0 Å². The first kappa shape index (κ1) is 26.8. The van der Waals surface area contributed by atoms with E-state index in [9.17, 15) is 20.0 Å². The molecule has 0 radical (unpaired) electrons. The van der Waals surface area contributed by atoms with Crippen LogP contribution in [-0.4, -0.2) is 45.6 Å². The first-order valence-electron chi connectivity index (χ1n) is 12.8. The number of benzene rings is 2. The van der Waals surface area contributed by atoms with E-state index in [1.807, 2.05) is 12.3 Å². The molecule has 2 aromatic carbocycles. The number of amides is 2. The molecule has 1 fully saturated rings. The van der Waals surface area contributed by atoms with Crippen molar-refractivity contribution in [2.45, 2.75) is 52.1 Å². The molecule has 38 heavy (non-hydrogen) atoms. The Labute approximate surface area is 223 Å². The second-order valence-electron chi connectivity index (χ2n) is 10.5. The van der Waals surface area contributed by atoms with E-state index >= 15 is 0 Å². The van der Waals surface area contributed by atoms with Gasteiger partial charge in [-0.05, 0) is 82.6 Å². The van der Waals surface area contributed by atoms with Gasteiger partial charge in [-0.1, -0.05) is 30.7 Å². The van der Waals surface area contributed by atoms with Crippen LogP contribution in [0.2, 0.25) is 0 Å². The minimum absolute atomic E-state index is 0.367. The standard InChI is InChI=1S/C30H33N5O3/c1-30(2,3)35(29(37)38)26-10-6-5-9-25(26)33-28(36)23-13-11-22(12-14-23)27-24(18-31)17-21(19-32-27)20-34-15-7-4-8-16-34/h5-6,9-14,17,19H,4,7-8,15-16,20H2,1-3H3,(H,33,36)(H,37,38). The maximum Gasteiger partial charge on any atom is 0.412 e. The topological polar surface area (TPSA) is 110 Å². The number of piperidine rings is 1. The quantitative estimate of drug-likeness (QED) is 0.411. The van der Waals surface area contributed by atoms with Crippen molar-refractivity contribution in [1.29, 1.82) is 5.26 Å². The van der Waals surface area contributed by atoms with Gasteiger partial charge in [0, 0.05) is 29.4 Å². The largest absolute Gasteiger partial charge is 0.465 e. The second kappa shape index (κ2) is 11.4. The van der Waals surface area contributed by atoms with Gasteiger partial charge < -0.3 is 10.4 Å². The van der Waals surface area contributed by atoms with E-state index in [1.165, 1.54) is 24.2 Å². The van der Waals surface area contributed by atoms with Crippen LogP contribution in [0, 0.1) is 11.3 Å². The number of nitriles is 1. The summed E-state index contributed by atoms with van der Waals surface area (Å²) < 4.78 is 0. The Hall–Kier alpha value is -4.22. The number of carbonyl (C=O) groups is 2. The minimum Gasteiger partial charge on any atom is -0.465 e. The highest BCUT2D eigenvalue weighted by Gasteiger charge is 2.30. The van der Waals surface area contributed by atoms with E-state index in [2.05, 4.69) is 21.3 Å². The summed E-state index contributed by atoms with van der Waals surface area (Å²) in [6, 6.07) is 17.9. The fourth-order valence-corrected chi connectivity index (χ4v) is 4.79. The Morgan fingerprint density at radius 2 is 1.76 bits per heavy atom. The molecule has 0 aliphatic carbocycles. The van der Waals surface area contributed by atoms with Crippen LogP contribution in [0.1, 0.15) is 61.5 Å². The molecule has 2 N–H and O–H groups in total. The van der Waals surface area contributed by atoms with Crippen LogP contribution in [0.15, 0.2) is 60.8 Å². The lowest BCUT2D eigenvalue weighted by atomic mass is 10.0. The number of nitrogens with zero attached hydrogens (tertiary/aromatic N) is 4. The third-order valence-electron chi connectivity index (χ3n) is 6.60. The van der Waals surface area contributed by atoms with Crippen LogP contribution in [0.25, 0.3) is 11.3 Å². The average molecular weight is 512 g/mol. The SMILES string of the molecule is CC(C)(C)N(C(=O)O)c1ccccc1NC(=O)c1ccc(-c2ncc(CN3CCCCC3)cc2C#N)cc1. The van der Waals surface area contributed by atoms with Crippen molar-refractivity contribution in [2.24, 2.45) is 0 Å². The summed E-state index contributed by atoms with van der Waals surface area (Å²) in [4.78, 5) is 33.3. The third kappa shape index (κ3) is 6.18. The molecule has 0 saturated carbocycles. The number of carbonyl (C=O) groups excluding carboxylic acids is 1.